The average molecular weight is 411 g/mol. The number of aromatic nitrogens is 3. The molecule has 1 fully saturated rings. The first-order valence-electron chi connectivity index (χ1n) is 8.48. The van der Waals surface area contributed by atoms with Gasteiger partial charge in [0.15, 0.2) is 17.3 Å². The molecule has 1 saturated carbocycles. The normalized spacial score (nSPS) is 21.2. The summed E-state index contributed by atoms with van der Waals surface area (Å²) in [5, 5.41) is 14.3. The van der Waals surface area contributed by atoms with Crippen molar-refractivity contribution in [2.45, 2.75) is 31.2 Å². The largest absolute Gasteiger partial charge is 1.00 e. The number of ether oxygens (including phenoxy) is 3. The predicted molar refractivity (Wildman–Crippen MR) is 86.0 cm³/mol. The van der Waals surface area contributed by atoms with Crippen LogP contribution in [-0.4, -0.2) is 27.5 Å². The van der Waals surface area contributed by atoms with Gasteiger partial charge in [0, 0.05) is 18.3 Å². The molecule has 0 atom stereocenters. The fourth-order valence-electron chi connectivity index (χ4n) is 3.20. The predicted octanol–water partition coefficient (Wildman–Crippen LogP) is -0.144. The fourth-order valence-corrected chi connectivity index (χ4v) is 3.20. The second-order valence-corrected chi connectivity index (χ2v) is 6.57. The minimum Gasteiger partial charge on any atom is -0.856 e. The Hall–Kier alpha value is -2.43. The molecular weight excluding hydrogens is 399 g/mol. The van der Waals surface area contributed by atoms with Crippen LogP contribution in [0.2, 0.25) is 0 Å². The summed E-state index contributed by atoms with van der Waals surface area (Å²) in [6.45, 7) is 0. The third-order valence-electron chi connectivity index (χ3n) is 4.66. The van der Waals surface area contributed by atoms with Crippen molar-refractivity contribution in [3.8, 4) is 34.7 Å². The summed E-state index contributed by atoms with van der Waals surface area (Å²) in [7, 11) is 0. The number of rotatable bonds is 4. The molecule has 1 aromatic carbocycles. The van der Waals surface area contributed by atoms with Crippen LogP contribution in [0.25, 0.3) is 11.3 Å². The first-order valence-corrected chi connectivity index (χ1v) is 8.48. The number of hydrogen-bond acceptors (Lipinski definition) is 8. The molecule has 2 aliphatic rings. The Morgan fingerprint density at radius 2 is 1.79 bits per heavy atom. The molecule has 144 valence electrons. The van der Waals surface area contributed by atoms with Crippen LogP contribution in [0.15, 0.2) is 41.2 Å². The van der Waals surface area contributed by atoms with E-state index in [1.807, 2.05) is 0 Å². The molecule has 0 radical (unpaired) electrons. The molecule has 1 aliphatic carbocycles. The summed E-state index contributed by atoms with van der Waals surface area (Å²) < 4.78 is 45.7. The van der Waals surface area contributed by atoms with Crippen LogP contribution in [-0.2, 0) is 0 Å². The molecule has 0 bridgehead atoms. The van der Waals surface area contributed by atoms with E-state index in [-0.39, 0.29) is 64.8 Å². The molecule has 0 spiro atoms. The van der Waals surface area contributed by atoms with Crippen molar-refractivity contribution in [2.24, 2.45) is 0 Å². The summed E-state index contributed by atoms with van der Waals surface area (Å²) >= 11 is 0. The zero-order chi connectivity index (χ0) is 19.3. The van der Waals surface area contributed by atoms with Crippen molar-refractivity contribution in [1.29, 1.82) is 0 Å². The standard InChI is InChI=1S/C18H13F2N3O5.Na/c19-18(20)26-13-2-1-9(5-15(13)27-18)10-3-12(4-10)25-17-21-7-11(8-22-17)14-6-16(24)23-28-14;/h1-2,5-8,10,12H,3-4H2,(H,23,24);/q;+1/p-1. The molecule has 3 aromatic rings. The number of nitrogens with zero attached hydrogens (tertiary/aromatic N) is 3. The van der Waals surface area contributed by atoms with Gasteiger partial charge >= 0.3 is 41.9 Å². The van der Waals surface area contributed by atoms with E-state index in [1.54, 1.807) is 12.1 Å². The minimum absolute atomic E-state index is 0. The van der Waals surface area contributed by atoms with Crippen LogP contribution in [0, 0.1) is 0 Å². The Kier molecular flexibility index (Phi) is 5.09. The van der Waals surface area contributed by atoms with Gasteiger partial charge in [-0.15, -0.1) is 8.78 Å². The van der Waals surface area contributed by atoms with Gasteiger partial charge in [0.25, 0.3) is 0 Å². The zero-order valence-electron chi connectivity index (χ0n) is 15.2. The van der Waals surface area contributed by atoms with E-state index in [1.165, 1.54) is 24.5 Å². The van der Waals surface area contributed by atoms with Crippen molar-refractivity contribution in [3.05, 3.63) is 42.2 Å². The summed E-state index contributed by atoms with van der Waals surface area (Å²) in [4.78, 5) is 8.21. The SMILES string of the molecule is [Na+].[O-]c1cc(-c2cnc(OC3CC(c4ccc5c(c4)OC(F)(F)O5)C3)nc2)on1. The maximum Gasteiger partial charge on any atom is 1.00 e. The average Bonchev–Trinajstić information content (AvgIpc) is 3.19. The van der Waals surface area contributed by atoms with Gasteiger partial charge in [-0.3, -0.25) is 0 Å². The second kappa shape index (κ2) is 7.43. The first kappa shape index (κ1) is 19.9. The maximum atomic E-state index is 13.1. The van der Waals surface area contributed by atoms with Gasteiger partial charge in [0.05, 0.1) is 5.56 Å². The van der Waals surface area contributed by atoms with Gasteiger partial charge in [-0.05, 0) is 42.5 Å². The molecule has 5 rings (SSSR count). The van der Waals surface area contributed by atoms with E-state index in [0.29, 0.717) is 18.4 Å². The van der Waals surface area contributed by atoms with E-state index >= 15 is 0 Å². The van der Waals surface area contributed by atoms with Gasteiger partial charge in [0.2, 0.25) is 0 Å². The van der Waals surface area contributed by atoms with Crippen molar-refractivity contribution in [2.75, 3.05) is 0 Å². The molecule has 2 aromatic heterocycles. The smallest absolute Gasteiger partial charge is 0.856 e. The van der Waals surface area contributed by atoms with E-state index in [2.05, 4.69) is 24.6 Å². The van der Waals surface area contributed by atoms with Crippen molar-refractivity contribution < 1.29 is 62.2 Å². The van der Waals surface area contributed by atoms with Crippen LogP contribution in [0.1, 0.15) is 24.3 Å². The van der Waals surface area contributed by atoms with Crippen LogP contribution >= 0.6 is 0 Å². The van der Waals surface area contributed by atoms with Crippen molar-refractivity contribution in [1.82, 2.24) is 15.1 Å². The first-order chi connectivity index (χ1) is 13.4. The summed E-state index contributed by atoms with van der Waals surface area (Å²) in [5.41, 5.74) is 1.40. The topological polar surface area (TPSA) is 103 Å². The molecule has 0 N–H and O–H groups in total. The van der Waals surface area contributed by atoms with Crippen LogP contribution < -0.4 is 48.9 Å². The molecular formula is C18H12F2N3NaO5. The molecule has 3 heterocycles. The van der Waals surface area contributed by atoms with E-state index < -0.39 is 12.2 Å². The van der Waals surface area contributed by atoms with Crippen molar-refractivity contribution in [3.63, 3.8) is 0 Å². The van der Waals surface area contributed by atoms with Gasteiger partial charge in [-0.25, -0.2) is 9.97 Å². The maximum absolute atomic E-state index is 13.1. The minimum atomic E-state index is -3.61. The third kappa shape index (κ3) is 4.00. The van der Waals surface area contributed by atoms with Gasteiger partial charge in [-0.2, -0.15) is 0 Å². The van der Waals surface area contributed by atoms with E-state index in [4.69, 9.17) is 9.26 Å². The molecule has 0 unspecified atom stereocenters. The van der Waals surface area contributed by atoms with Gasteiger partial charge in [0.1, 0.15) is 6.10 Å². The molecule has 29 heavy (non-hydrogen) atoms. The number of alkyl halides is 2. The summed E-state index contributed by atoms with van der Waals surface area (Å²) in [6, 6.07) is 6.26. The van der Waals surface area contributed by atoms with E-state index in [9.17, 15) is 13.9 Å². The van der Waals surface area contributed by atoms with Crippen LogP contribution in [0.3, 0.4) is 0 Å². The molecule has 0 amide bonds. The number of benzene rings is 1. The van der Waals surface area contributed by atoms with Gasteiger partial charge < -0.3 is 23.8 Å². The van der Waals surface area contributed by atoms with Gasteiger partial charge in [-0.1, -0.05) is 11.2 Å². The van der Waals surface area contributed by atoms with Crippen molar-refractivity contribution >= 4 is 0 Å². The van der Waals surface area contributed by atoms with Crippen LogP contribution in [0.4, 0.5) is 8.78 Å². The number of fused-ring (bicyclic) bond motifs is 1. The fraction of sp³-hybridized carbons (Fsp3) is 0.278. The summed E-state index contributed by atoms with van der Waals surface area (Å²) in [5.74, 6) is 0.0541. The zero-order valence-corrected chi connectivity index (χ0v) is 17.2. The number of hydrogen-bond donors (Lipinski definition) is 0. The Morgan fingerprint density at radius 1 is 1.07 bits per heavy atom. The summed E-state index contributed by atoms with van der Waals surface area (Å²) in [6.07, 6.45) is 0.663. The molecule has 8 nitrogen and oxygen atoms in total. The molecule has 11 heteroatoms. The second-order valence-electron chi connectivity index (χ2n) is 6.57. The Balaban J connectivity index is 0.00000205. The Morgan fingerprint density at radius 3 is 2.48 bits per heavy atom. The number of halogens is 2. The quantitative estimate of drug-likeness (QED) is 0.547. The van der Waals surface area contributed by atoms with Crippen LogP contribution in [0.5, 0.6) is 23.4 Å². The monoisotopic (exact) mass is 411 g/mol. The third-order valence-corrected chi connectivity index (χ3v) is 4.66. The Labute approximate surface area is 185 Å². The Bertz CT molecular complexity index is 1020. The molecule has 0 saturated heterocycles. The molecule has 1 aliphatic heterocycles. The van der Waals surface area contributed by atoms with E-state index in [0.717, 1.165) is 5.56 Å².